The van der Waals surface area contributed by atoms with Crippen LogP contribution in [0.3, 0.4) is 0 Å². The molecule has 0 amide bonds. The molecule has 3 aromatic rings. The zero-order valence-corrected chi connectivity index (χ0v) is 29.1. The minimum atomic E-state index is -0.208. The zero-order valence-electron chi connectivity index (χ0n) is 27.4. The van der Waals surface area contributed by atoms with E-state index in [0.717, 1.165) is 62.9 Å². The average molecular weight is 697 g/mol. The topological polar surface area (TPSA) is 168 Å². The highest BCUT2D eigenvalue weighted by Crippen LogP contribution is 2.33. The number of ketones is 2. The van der Waals surface area contributed by atoms with Crippen molar-refractivity contribution in [3.8, 4) is 11.5 Å². The zero-order chi connectivity index (χ0) is 33.4. The minimum Gasteiger partial charge on any atom is -0.508 e. The molecule has 0 saturated carbocycles. The molecule has 2 aliphatic rings. The second-order valence-electron chi connectivity index (χ2n) is 11.2. The van der Waals surface area contributed by atoms with E-state index in [4.69, 9.17) is 27.0 Å². The van der Waals surface area contributed by atoms with Crippen LogP contribution >= 0.6 is 17.0 Å². The quantitative estimate of drug-likeness (QED) is 0.188. The monoisotopic (exact) mass is 695 g/mol. The molecule has 1 heterocycles. The van der Waals surface area contributed by atoms with Crippen molar-refractivity contribution in [3.05, 3.63) is 93.7 Å². The lowest BCUT2D eigenvalue weighted by molar-refractivity contribution is -0.116. The van der Waals surface area contributed by atoms with E-state index in [0.29, 0.717) is 30.8 Å². The number of halogens is 1. The molecule has 0 fully saturated rings. The first kappa shape index (κ1) is 37.7. The number of anilines is 4. The molecule has 1 aliphatic heterocycles. The molecule has 1 aliphatic carbocycles. The summed E-state index contributed by atoms with van der Waals surface area (Å²) in [6.07, 6.45) is 3.16. The van der Waals surface area contributed by atoms with Crippen molar-refractivity contribution >= 4 is 51.3 Å². The van der Waals surface area contributed by atoms with Crippen LogP contribution in [0.4, 0.5) is 22.7 Å². The summed E-state index contributed by atoms with van der Waals surface area (Å²) in [6, 6.07) is 12.5. The Bertz CT molecular complexity index is 1610. The molecular weight excluding hydrogens is 650 g/mol. The van der Waals surface area contributed by atoms with E-state index < -0.39 is 0 Å². The second kappa shape index (κ2) is 16.7. The summed E-state index contributed by atoms with van der Waals surface area (Å²) in [4.78, 5) is 28.2. The van der Waals surface area contributed by atoms with Crippen molar-refractivity contribution < 1.29 is 24.5 Å². The minimum absolute atomic E-state index is 0. The van der Waals surface area contributed by atoms with Crippen LogP contribution in [0.25, 0.3) is 0 Å². The second-order valence-corrected chi connectivity index (χ2v) is 11.2. The molecule has 3 aromatic carbocycles. The largest absolute Gasteiger partial charge is 0.508 e. The van der Waals surface area contributed by atoms with Gasteiger partial charge < -0.3 is 42.0 Å². The highest BCUT2D eigenvalue weighted by atomic mass is 79.9. The van der Waals surface area contributed by atoms with Crippen LogP contribution in [-0.4, -0.2) is 67.1 Å². The number of nitrogen functional groups attached to an aromatic ring is 3. The number of nitrogens with zero attached hydrogens (tertiary/aromatic N) is 2. The summed E-state index contributed by atoms with van der Waals surface area (Å²) in [6.45, 7) is 9.68. The van der Waals surface area contributed by atoms with E-state index >= 15 is 0 Å². The van der Waals surface area contributed by atoms with Crippen LogP contribution in [0.5, 0.6) is 11.5 Å². The number of hydrogen-bond acceptors (Lipinski definition) is 10. The van der Waals surface area contributed by atoms with Gasteiger partial charge in [0.15, 0.2) is 5.78 Å². The lowest BCUT2D eigenvalue weighted by atomic mass is 9.91. The highest BCUT2D eigenvalue weighted by Gasteiger charge is 2.23. The van der Waals surface area contributed by atoms with E-state index in [9.17, 15) is 14.7 Å². The molecule has 0 radical (unpaired) electrons. The van der Waals surface area contributed by atoms with Gasteiger partial charge in [0, 0.05) is 61.8 Å². The predicted molar refractivity (Wildman–Crippen MR) is 192 cm³/mol. The molecular formula is C35H46BrN5O5. The third-order valence-corrected chi connectivity index (χ3v) is 8.22. The van der Waals surface area contributed by atoms with Gasteiger partial charge in [-0.1, -0.05) is 6.07 Å². The van der Waals surface area contributed by atoms with Crippen LogP contribution in [0, 0.1) is 27.7 Å². The first-order valence-electron chi connectivity index (χ1n) is 14.7. The summed E-state index contributed by atoms with van der Waals surface area (Å²) in [5.74, 6) is 0.756. The Morgan fingerprint density at radius 2 is 1.41 bits per heavy atom. The fraction of sp³-hybridized carbons (Fsp3) is 0.314. The van der Waals surface area contributed by atoms with Gasteiger partial charge in [-0.2, -0.15) is 0 Å². The van der Waals surface area contributed by atoms with Crippen LogP contribution in [0.15, 0.2) is 65.9 Å². The standard InChI is InChI=1S/C18H22N2O3.C9H11NO2.C8H12N2.BrH/c1-11-12(2)15(19)5-4-13(11)8-14-9-18(23)16(10-17(14)22)20(3)6-7-21;1-10-4-5-12-9-3-2-7(11)6-8(9)10;1-5-6(2)8(10)4-3-7(5)9;/h4-5,9-10,21H,6-8,19H2,1-3H3;2-3,6,11H,4-5H2,1H3;3-4H,9-10H2,1-2H3;1H. The predicted octanol–water partition coefficient (Wildman–Crippen LogP) is 4.58. The van der Waals surface area contributed by atoms with Crippen molar-refractivity contribution in [2.45, 2.75) is 34.1 Å². The maximum absolute atomic E-state index is 12.3. The normalized spacial score (nSPS) is 13.4. The number of hydrogen-bond donors (Lipinski definition) is 5. The molecule has 10 nitrogen and oxygen atoms in total. The number of aromatic hydroxyl groups is 1. The number of ether oxygens (including phenoxy) is 1. The van der Waals surface area contributed by atoms with Crippen LogP contribution in [0.2, 0.25) is 0 Å². The smallest absolute Gasteiger partial charge is 0.202 e. The number of rotatable bonds is 5. The third kappa shape index (κ3) is 9.27. The molecule has 248 valence electrons. The Balaban J connectivity index is 0.000000267. The fourth-order valence-electron chi connectivity index (χ4n) is 4.79. The third-order valence-electron chi connectivity index (χ3n) is 8.22. The number of carbonyl (C=O) groups is 2. The Morgan fingerprint density at radius 1 is 0.848 bits per heavy atom. The van der Waals surface area contributed by atoms with E-state index in [1.165, 1.54) is 12.2 Å². The maximum atomic E-state index is 12.3. The Labute approximate surface area is 281 Å². The summed E-state index contributed by atoms with van der Waals surface area (Å²) in [7, 11) is 3.67. The number of benzene rings is 3. The van der Waals surface area contributed by atoms with Gasteiger partial charge in [-0.25, -0.2) is 0 Å². The van der Waals surface area contributed by atoms with Gasteiger partial charge in [-0.3, -0.25) is 9.59 Å². The molecule has 0 spiro atoms. The van der Waals surface area contributed by atoms with E-state index in [-0.39, 0.29) is 40.9 Å². The SMILES string of the molecule is Br.CN1CCOc2ccc(O)cc21.Cc1c(N)ccc(CC2=CC(=O)C(N(C)CCO)=CC2=O)c1C.Cc1c(N)ccc(N)c1C. The Morgan fingerprint density at radius 3 is 2.00 bits per heavy atom. The van der Waals surface area contributed by atoms with Crippen LogP contribution in [-0.2, 0) is 16.0 Å². The van der Waals surface area contributed by atoms with Crippen LogP contribution in [0.1, 0.15) is 27.8 Å². The van der Waals surface area contributed by atoms with Gasteiger partial charge in [-0.05, 0) is 91.9 Å². The van der Waals surface area contributed by atoms with Crippen LogP contribution < -0.4 is 26.8 Å². The summed E-state index contributed by atoms with van der Waals surface area (Å²) in [5.41, 5.74) is 26.4. The number of phenols is 1. The fourth-order valence-corrected chi connectivity index (χ4v) is 4.79. The lowest BCUT2D eigenvalue weighted by Crippen LogP contribution is -2.29. The Hall–Kier alpha value is -4.48. The number of nitrogens with two attached hydrogens (primary N) is 3. The molecule has 11 heteroatoms. The molecule has 8 N–H and O–H groups in total. The highest BCUT2D eigenvalue weighted by molar-refractivity contribution is 8.93. The number of fused-ring (bicyclic) bond motifs is 1. The van der Waals surface area contributed by atoms with Gasteiger partial charge in [0.05, 0.1) is 24.5 Å². The van der Waals surface area contributed by atoms with E-state index in [2.05, 4.69) is 4.90 Å². The van der Waals surface area contributed by atoms with Gasteiger partial charge in [0.25, 0.3) is 0 Å². The number of carbonyl (C=O) groups excluding carboxylic acids is 2. The molecule has 5 rings (SSSR count). The van der Waals surface area contributed by atoms with Gasteiger partial charge in [0.1, 0.15) is 18.1 Å². The summed E-state index contributed by atoms with van der Waals surface area (Å²) in [5, 5.41) is 18.2. The number of phenolic OH excluding ortho intramolecular Hbond substituents is 1. The molecule has 0 bridgehead atoms. The number of aliphatic hydroxyl groups is 1. The lowest BCUT2D eigenvalue weighted by Gasteiger charge is -2.27. The first-order valence-corrected chi connectivity index (χ1v) is 14.7. The Kier molecular flexibility index (Phi) is 13.7. The van der Waals surface area contributed by atoms with Crippen molar-refractivity contribution in [2.24, 2.45) is 0 Å². The van der Waals surface area contributed by atoms with Crippen molar-refractivity contribution in [2.75, 3.05) is 62.5 Å². The molecule has 0 aromatic heterocycles. The van der Waals surface area contributed by atoms with Crippen molar-refractivity contribution in [1.29, 1.82) is 0 Å². The van der Waals surface area contributed by atoms with Gasteiger partial charge in [-0.15, -0.1) is 17.0 Å². The van der Waals surface area contributed by atoms with E-state index in [1.807, 2.05) is 59.0 Å². The average Bonchev–Trinajstić information content (AvgIpc) is 3.01. The van der Waals surface area contributed by atoms with E-state index in [1.54, 1.807) is 30.1 Å². The molecule has 0 atom stereocenters. The summed E-state index contributed by atoms with van der Waals surface area (Å²) < 4.78 is 5.40. The molecule has 0 unspecified atom stereocenters. The number of aliphatic hydroxyl groups excluding tert-OH is 1. The van der Waals surface area contributed by atoms with Gasteiger partial charge >= 0.3 is 0 Å². The van der Waals surface area contributed by atoms with Crippen molar-refractivity contribution in [3.63, 3.8) is 0 Å². The molecule has 0 saturated heterocycles. The van der Waals surface area contributed by atoms with Gasteiger partial charge in [0.2, 0.25) is 5.78 Å². The summed E-state index contributed by atoms with van der Waals surface area (Å²) >= 11 is 0. The first-order chi connectivity index (χ1) is 21.2. The number of allylic oxidation sites excluding steroid dienone is 3. The number of likely N-dealkylation sites (N-methyl/N-ethyl adjacent to an activating group) is 2. The van der Waals surface area contributed by atoms with Crippen molar-refractivity contribution in [1.82, 2.24) is 4.90 Å². The molecule has 46 heavy (non-hydrogen) atoms. The maximum Gasteiger partial charge on any atom is 0.202 e.